The molecular formula is C20H31IN4O2S. The third-order valence-corrected chi connectivity index (χ3v) is 4.68. The molecule has 1 unspecified atom stereocenters. The summed E-state index contributed by atoms with van der Waals surface area (Å²) in [7, 11) is 0. The molecular weight excluding hydrogens is 487 g/mol. The Labute approximate surface area is 188 Å². The second-order valence-electron chi connectivity index (χ2n) is 6.51. The topological polar surface area (TPSA) is 78.8 Å². The highest BCUT2D eigenvalue weighted by Crippen LogP contribution is 2.19. The predicted octanol–water partition coefficient (Wildman–Crippen LogP) is 3.69. The third kappa shape index (κ3) is 8.74. The van der Waals surface area contributed by atoms with E-state index < -0.39 is 6.10 Å². The van der Waals surface area contributed by atoms with Gasteiger partial charge in [0, 0.05) is 30.6 Å². The van der Waals surface area contributed by atoms with Gasteiger partial charge in [-0.15, -0.1) is 35.3 Å². The highest BCUT2D eigenvalue weighted by molar-refractivity contribution is 14.0. The summed E-state index contributed by atoms with van der Waals surface area (Å²) in [5, 5.41) is 18.0. The highest BCUT2D eigenvalue weighted by atomic mass is 127. The fourth-order valence-corrected chi connectivity index (χ4v) is 3.26. The number of thiazole rings is 1. The van der Waals surface area contributed by atoms with Gasteiger partial charge in [0.05, 0.1) is 23.8 Å². The van der Waals surface area contributed by atoms with Crippen LogP contribution in [0.3, 0.4) is 0 Å². The van der Waals surface area contributed by atoms with Gasteiger partial charge in [-0.3, -0.25) is 4.99 Å². The van der Waals surface area contributed by atoms with E-state index in [9.17, 15) is 5.11 Å². The van der Waals surface area contributed by atoms with Crippen molar-refractivity contribution < 1.29 is 9.84 Å². The van der Waals surface area contributed by atoms with Crippen molar-refractivity contribution in [3.05, 3.63) is 45.9 Å². The van der Waals surface area contributed by atoms with Crippen LogP contribution in [0.1, 0.15) is 42.3 Å². The second-order valence-corrected chi connectivity index (χ2v) is 7.83. The van der Waals surface area contributed by atoms with E-state index in [1.165, 1.54) is 4.88 Å². The average Bonchev–Trinajstić information content (AvgIpc) is 3.04. The van der Waals surface area contributed by atoms with Gasteiger partial charge in [-0.05, 0) is 45.4 Å². The number of aliphatic hydroxyl groups is 1. The van der Waals surface area contributed by atoms with E-state index in [0.29, 0.717) is 5.96 Å². The lowest BCUT2D eigenvalue weighted by Gasteiger charge is -2.14. The Bertz CT molecular complexity index is 719. The van der Waals surface area contributed by atoms with Crippen LogP contribution in [0.4, 0.5) is 0 Å². The third-order valence-electron chi connectivity index (χ3n) is 3.70. The number of halogens is 1. The first-order valence-corrected chi connectivity index (χ1v) is 10.2. The maximum absolute atomic E-state index is 10.4. The molecule has 6 nitrogen and oxygen atoms in total. The van der Waals surface area contributed by atoms with E-state index in [-0.39, 0.29) is 36.6 Å². The summed E-state index contributed by atoms with van der Waals surface area (Å²) < 4.78 is 5.63. The van der Waals surface area contributed by atoms with Gasteiger partial charge in [0.2, 0.25) is 0 Å². The van der Waals surface area contributed by atoms with Crippen molar-refractivity contribution >= 4 is 41.3 Å². The van der Waals surface area contributed by atoms with Crippen LogP contribution < -0.4 is 15.4 Å². The number of aliphatic imine (C=N–C) groups is 1. The zero-order chi connectivity index (χ0) is 19.6. The molecule has 0 saturated heterocycles. The number of benzene rings is 1. The lowest BCUT2D eigenvalue weighted by atomic mass is 10.1. The number of ether oxygens (including phenoxy) is 1. The Balaban J connectivity index is 0.00000392. The Kier molecular flexibility index (Phi) is 11.4. The zero-order valence-electron chi connectivity index (χ0n) is 16.9. The van der Waals surface area contributed by atoms with E-state index in [1.54, 1.807) is 11.3 Å². The minimum Gasteiger partial charge on any atom is -0.491 e. The number of aromatic nitrogens is 1. The molecule has 28 heavy (non-hydrogen) atoms. The van der Waals surface area contributed by atoms with Crippen LogP contribution in [-0.2, 0) is 6.42 Å². The van der Waals surface area contributed by atoms with Crippen molar-refractivity contribution in [2.75, 3.05) is 19.6 Å². The van der Waals surface area contributed by atoms with Crippen molar-refractivity contribution in [2.45, 2.75) is 46.3 Å². The summed E-state index contributed by atoms with van der Waals surface area (Å²) >= 11 is 1.71. The maximum atomic E-state index is 10.4. The van der Waals surface area contributed by atoms with Crippen molar-refractivity contribution in [3.8, 4) is 5.75 Å². The lowest BCUT2D eigenvalue weighted by molar-refractivity contribution is 0.186. The second kappa shape index (κ2) is 12.9. The van der Waals surface area contributed by atoms with E-state index in [2.05, 4.69) is 27.5 Å². The first-order valence-electron chi connectivity index (χ1n) is 9.36. The molecule has 0 spiro atoms. The molecule has 0 bridgehead atoms. The first kappa shape index (κ1) is 24.6. The van der Waals surface area contributed by atoms with E-state index in [1.807, 2.05) is 51.2 Å². The molecule has 0 aliphatic heterocycles. The molecule has 0 aliphatic rings. The number of hydrogen-bond acceptors (Lipinski definition) is 5. The van der Waals surface area contributed by atoms with Crippen molar-refractivity contribution in [1.82, 2.24) is 15.6 Å². The number of aryl methyl sites for hydroxylation is 1. The molecule has 0 amide bonds. The first-order chi connectivity index (χ1) is 13.0. The summed E-state index contributed by atoms with van der Waals surface area (Å²) in [4.78, 5) is 10.1. The van der Waals surface area contributed by atoms with Crippen molar-refractivity contribution in [2.24, 2.45) is 4.99 Å². The minimum absolute atomic E-state index is 0. The van der Waals surface area contributed by atoms with Crippen molar-refractivity contribution in [1.29, 1.82) is 0 Å². The van der Waals surface area contributed by atoms with Crippen LogP contribution in [0.5, 0.6) is 5.75 Å². The van der Waals surface area contributed by atoms with Crippen LogP contribution in [0.25, 0.3) is 0 Å². The fourth-order valence-electron chi connectivity index (χ4n) is 2.47. The summed E-state index contributed by atoms with van der Waals surface area (Å²) in [6, 6.07) is 7.51. The molecule has 156 valence electrons. The molecule has 3 N–H and O–H groups in total. The van der Waals surface area contributed by atoms with E-state index >= 15 is 0 Å². The van der Waals surface area contributed by atoms with Gasteiger partial charge in [-0.25, -0.2) is 4.98 Å². The molecule has 1 atom stereocenters. The van der Waals surface area contributed by atoms with Crippen LogP contribution >= 0.6 is 35.3 Å². The summed E-state index contributed by atoms with van der Waals surface area (Å²) in [6.45, 7) is 9.85. The molecule has 0 aliphatic carbocycles. The molecule has 0 fully saturated rings. The van der Waals surface area contributed by atoms with Crippen LogP contribution in [0.15, 0.2) is 35.5 Å². The number of nitrogens with zero attached hydrogens (tertiary/aromatic N) is 2. The smallest absolute Gasteiger partial charge is 0.191 e. The van der Waals surface area contributed by atoms with Gasteiger partial charge in [-0.1, -0.05) is 12.1 Å². The monoisotopic (exact) mass is 518 g/mol. The number of aliphatic hydroxyl groups excluding tert-OH is 1. The van der Waals surface area contributed by atoms with E-state index in [4.69, 9.17) is 4.74 Å². The van der Waals surface area contributed by atoms with Crippen molar-refractivity contribution in [3.63, 3.8) is 0 Å². The Morgan fingerprint density at radius 3 is 2.54 bits per heavy atom. The number of rotatable bonds is 9. The maximum Gasteiger partial charge on any atom is 0.191 e. The Hall–Kier alpha value is -1.39. The molecule has 8 heteroatoms. The quantitative estimate of drug-likeness (QED) is 0.268. The zero-order valence-corrected chi connectivity index (χ0v) is 20.1. The number of hydrogen-bond donors (Lipinski definition) is 3. The molecule has 1 heterocycles. The molecule has 0 radical (unpaired) electrons. The van der Waals surface area contributed by atoms with Gasteiger partial charge in [0.1, 0.15) is 5.75 Å². The van der Waals surface area contributed by atoms with Gasteiger partial charge in [0.15, 0.2) is 5.96 Å². The molecule has 2 rings (SSSR count). The fraction of sp³-hybridized carbons (Fsp3) is 0.500. The minimum atomic E-state index is -0.657. The summed E-state index contributed by atoms with van der Waals surface area (Å²) in [6.07, 6.45) is 2.22. The molecule has 2 aromatic rings. The normalized spacial score (nSPS) is 12.4. The summed E-state index contributed by atoms with van der Waals surface area (Å²) in [5.41, 5.74) is 0.823. The van der Waals surface area contributed by atoms with E-state index in [0.717, 1.165) is 35.8 Å². The molecule has 0 saturated carbocycles. The predicted molar refractivity (Wildman–Crippen MR) is 127 cm³/mol. The Morgan fingerprint density at radius 2 is 1.96 bits per heavy atom. The van der Waals surface area contributed by atoms with Crippen LogP contribution in [0.2, 0.25) is 0 Å². The standard InChI is InChI=1S/C20H30N4O2S.HI/c1-5-21-20(22-11-10-19-23-12-15(4)27-19)24-13-18(25)16-6-8-17(9-7-16)26-14(2)3;/h6-9,12,14,18,25H,5,10-11,13H2,1-4H3,(H2,21,22,24);1H. The Morgan fingerprint density at radius 1 is 1.25 bits per heavy atom. The SMILES string of the molecule is CCNC(=NCC(O)c1ccc(OC(C)C)cc1)NCCc1ncc(C)s1.I. The highest BCUT2D eigenvalue weighted by Gasteiger charge is 2.08. The number of guanidine groups is 1. The van der Waals surface area contributed by atoms with Crippen LogP contribution in [0, 0.1) is 6.92 Å². The molecule has 1 aromatic carbocycles. The molecule has 1 aromatic heterocycles. The van der Waals surface area contributed by atoms with Gasteiger partial charge < -0.3 is 20.5 Å². The van der Waals surface area contributed by atoms with Crippen LogP contribution in [-0.4, -0.2) is 41.8 Å². The average molecular weight is 518 g/mol. The number of nitrogens with one attached hydrogen (secondary N) is 2. The van der Waals surface area contributed by atoms with Gasteiger partial charge in [-0.2, -0.15) is 0 Å². The van der Waals surface area contributed by atoms with Gasteiger partial charge in [0.25, 0.3) is 0 Å². The largest absolute Gasteiger partial charge is 0.491 e. The lowest BCUT2D eigenvalue weighted by Crippen LogP contribution is -2.38. The summed E-state index contributed by atoms with van der Waals surface area (Å²) in [5.74, 6) is 1.50. The van der Waals surface area contributed by atoms with Gasteiger partial charge >= 0.3 is 0 Å².